The van der Waals surface area contributed by atoms with Gasteiger partial charge in [0.15, 0.2) is 0 Å². The molecule has 1 unspecified atom stereocenters. The van der Waals surface area contributed by atoms with Gasteiger partial charge < -0.3 is 5.32 Å². The summed E-state index contributed by atoms with van der Waals surface area (Å²) in [6, 6.07) is 2.61. The van der Waals surface area contributed by atoms with E-state index in [4.69, 9.17) is 0 Å². The first kappa shape index (κ1) is 11.8. The lowest BCUT2D eigenvalue weighted by atomic mass is 10.2. The summed E-state index contributed by atoms with van der Waals surface area (Å²) in [5, 5.41) is 11.1. The van der Waals surface area contributed by atoms with E-state index in [1.807, 2.05) is 0 Å². The van der Waals surface area contributed by atoms with Crippen LogP contribution in [0.5, 0.6) is 0 Å². The van der Waals surface area contributed by atoms with E-state index in [1.165, 1.54) is 11.3 Å². The van der Waals surface area contributed by atoms with Crippen molar-refractivity contribution in [1.29, 1.82) is 0 Å². The Labute approximate surface area is 104 Å². The van der Waals surface area contributed by atoms with Gasteiger partial charge in [-0.2, -0.15) is 11.3 Å². The maximum absolute atomic E-state index is 4.45. The van der Waals surface area contributed by atoms with Crippen LogP contribution in [0, 0.1) is 6.92 Å². The molecule has 0 aliphatic heterocycles. The highest BCUT2D eigenvalue weighted by atomic mass is 32.1. The van der Waals surface area contributed by atoms with Gasteiger partial charge >= 0.3 is 0 Å². The molecule has 0 bridgehead atoms. The average Bonchev–Trinajstić information content (AvgIpc) is 2.89. The number of aromatic nitrogens is 1. The molecule has 1 N–H and O–H groups in total. The molecule has 0 radical (unpaired) electrons. The quantitative estimate of drug-likeness (QED) is 0.882. The van der Waals surface area contributed by atoms with Crippen molar-refractivity contribution >= 4 is 22.7 Å². The summed E-state index contributed by atoms with van der Waals surface area (Å²) < 4.78 is 0. The molecule has 0 amide bonds. The van der Waals surface area contributed by atoms with E-state index in [1.54, 1.807) is 22.7 Å². The molecule has 2 rings (SSSR count). The zero-order valence-corrected chi connectivity index (χ0v) is 11.2. The van der Waals surface area contributed by atoms with E-state index in [0.717, 1.165) is 18.0 Å². The second-order valence-electron chi connectivity index (χ2n) is 3.84. The van der Waals surface area contributed by atoms with Crippen molar-refractivity contribution in [1.82, 2.24) is 10.3 Å². The van der Waals surface area contributed by atoms with Crippen LogP contribution in [0.25, 0.3) is 0 Å². The number of aryl methyl sites for hydroxylation is 1. The standard InChI is InChI=1S/C12H16N2S2/c1-9(11-4-6-15-7-11)13-5-3-12-8-16-10(2)14-12/h4,6-9,13H,3,5H2,1-2H3. The highest BCUT2D eigenvalue weighted by molar-refractivity contribution is 7.09. The normalized spacial score (nSPS) is 12.9. The topological polar surface area (TPSA) is 24.9 Å². The number of nitrogens with zero attached hydrogens (tertiary/aromatic N) is 1. The van der Waals surface area contributed by atoms with Crippen LogP contribution in [-0.2, 0) is 6.42 Å². The number of hydrogen-bond donors (Lipinski definition) is 1. The molecule has 0 saturated heterocycles. The Morgan fingerprint density at radius 2 is 2.31 bits per heavy atom. The molecule has 0 spiro atoms. The first-order valence-corrected chi connectivity index (χ1v) is 7.24. The fourth-order valence-electron chi connectivity index (χ4n) is 1.58. The number of rotatable bonds is 5. The van der Waals surface area contributed by atoms with E-state index in [9.17, 15) is 0 Å². The van der Waals surface area contributed by atoms with Gasteiger partial charge in [0.25, 0.3) is 0 Å². The molecule has 2 aromatic rings. The zero-order chi connectivity index (χ0) is 11.4. The average molecular weight is 252 g/mol. The van der Waals surface area contributed by atoms with Crippen molar-refractivity contribution in [2.75, 3.05) is 6.54 Å². The summed E-state index contributed by atoms with van der Waals surface area (Å²) in [6.45, 7) is 5.24. The molecule has 0 fully saturated rings. The summed E-state index contributed by atoms with van der Waals surface area (Å²) in [4.78, 5) is 4.45. The fourth-order valence-corrected chi connectivity index (χ4v) is 2.98. The molecule has 16 heavy (non-hydrogen) atoms. The van der Waals surface area contributed by atoms with Crippen LogP contribution >= 0.6 is 22.7 Å². The van der Waals surface area contributed by atoms with Gasteiger partial charge in [-0.25, -0.2) is 4.98 Å². The van der Waals surface area contributed by atoms with Gasteiger partial charge in [0.2, 0.25) is 0 Å². The Kier molecular flexibility index (Phi) is 4.09. The van der Waals surface area contributed by atoms with Gasteiger partial charge in [-0.3, -0.25) is 0 Å². The molecule has 2 aromatic heterocycles. The molecule has 0 aliphatic rings. The van der Waals surface area contributed by atoms with E-state index in [2.05, 4.69) is 46.4 Å². The lowest BCUT2D eigenvalue weighted by molar-refractivity contribution is 0.576. The SMILES string of the molecule is Cc1nc(CCNC(C)c2ccsc2)cs1. The highest BCUT2D eigenvalue weighted by Crippen LogP contribution is 2.15. The van der Waals surface area contributed by atoms with Gasteiger partial charge in [0, 0.05) is 24.4 Å². The summed E-state index contributed by atoms with van der Waals surface area (Å²) in [6.07, 6.45) is 1.01. The predicted octanol–water partition coefficient (Wildman–Crippen LogP) is 3.41. The van der Waals surface area contributed by atoms with Crippen LogP contribution in [0.3, 0.4) is 0 Å². The smallest absolute Gasteiger partial charge is 0.0897 e. The van der Waals surface area contributed by atoms with Gasteiger partial charge in [-0.15, -0.1) is 11.3 Å². The lowest BCUT2D eigenvalue weighted by Gasteiger charge is -2.11. The Morgan fingerprint density at radius 3 is 2.94 bits per heavy atom. The third-order valence-electron chi connectivity index (χ3n) is 2.54. The largest absolute Gasteiger partial charge is 0.310 e. The maximum atomic E-state index is 4.45. The van der Waals surface area contributed by atoms with E-state index >= 15 is 0 Å². The third kappa shape index (κ3) is 3.14. The van der Waals surface area contributed by atoms with Crippen molar-refractivity contribution in [2.24, 2.45) is 0 Å². The van der Waals surface area contributed by atoms with Gasteiger partial charge in [-0.05, 0) is 36.2 Å². The Morgan fingerprint density at radius 1 is 1.44 bits per heavy atom. The minimum Gasteiger partial charge on any atom is -0.310 e. The summed E-state index contributed by atoms with van der Waals surface area (Å²) >= 11 is 3.47. The molecule has 2 heterocycles. The third-order valence-corrected chi connectivity index (χ3v) is 4.07. The van der Waals surface area contributed by atoms with E-state index < -0.39 is 0 Å². The Bertz CT molecular complexity index is 420. The number of thiophene rings is 1. The second-order valence-corrected chi connectivity index (χ2v) is 5.68. The monoisotopic (exact) mass is 252 g/mol. The Hall–Kier alpha value is -0.710. The molecule has 1 atom stereocenters. The number of thiazole rings is 1. The van der Waals surface area contributed by atoms with Gasteiger partial charge in [-0.1, -0.05) is 0 Å². The van der Waals surface area contributed by atoms with Crippen LogP contribution in [0.15, 0.2) is 22.2 Å². The number of hydrogen-bond acceptors (Lipinski definition) is 4. The van der Waals surface area contributed by atoms with Crippen LogP contribution < -0.4 is 5.32 Å². The number of nitrogens with one attached hydrogen (secondary N) is 1. The van der Waals surface area contributed by atoms with Crippen LogP contribution in [0.1, 0.15) is 29.2 Å². The molecular weight excluding hydrogens is 236 g/mol. The first-order chi connectivity index (χ1) is 7.75. The van der Waals surface area contributed by atoms with Crippen molar-refractivity contribution in [3.8, 4) is 0 Å². The molecule has 0 saturated carbocycles. The first-order valence-electron chi connectivity index (χ1n) is 5.42. The lowest BCUT2D eigenvalue weighted by Crippen LogP contribution is -2.21. The predicted molar refractivity (Wildman–Crippen MR) is 71.3 cm³/mol. The second kappa shape index (κ2) is 5.57. The van der Waals surface area contributed by atoms with Crippen LogP contribution in [0.2, 0.25) is 0 Å². The van der Waals surface area contributed by atoms with Crippen molar-refractivity contribution in [2.45, 2.75) is 26.3 Å². The maximum Gasteiger partial charge on any atom is 0.0897 e. The van der Waals surface area contributed by atoms with Crippen molar-refractivity contribution in [3.05, 3.63) is 38.5 Å². The fraction of sp³-hybridized carbons (Fsp3) is 0.417. The van der Waals surface area contributed by atoms with Gasteiger partial charge in [0.1, 0.15) is 0 Å². The molecular formula is C12H16N2S2. The molecule has 4 heteroatoms. The van der Waals surface area contributed by atoms with Crippen LogP contribution in [0.4, 0.5) is 0 Å². The summed E-state index contributed by atoms with van der Waals surface area (Å²) in [5.41, 5.74) is 2.58. The minimum absolute atomic E-state index is 0.436. The molecule has 86 valence electrons. The highest BCUT2D eigenvalue weighted by Gasteiger charge is 2.05. The van der Waals surface area contributed by atoms with E-state index in [-0.39, 0.29) is 0 Å². The summed E-state index contributed by atoms with van der Waals surface area (Å²) in [7, 11) is 0. The molecule has 0 aromatic carbocycles. The van der Waals surface area contributed by atoms with Gasteiger partial charge in [0.05, 0.1) is 10.7 Å². The molecule has 2 nitrogen and oxygen atoms in total. The van der Waals surface area contributed by atoms with E-state index in [0.29, 0.717) is 6.04 Å². The minimum atomic E-state index is 0.436. The zero-order valence-electron chi connectivity index (χ0n) is 9.56. The van der Waals surface area contributed by atoms with Crippen LogP contribution in [-0.4, -0.2) is 11.5 Å². The molecule has 0 aliphatic carbocycles. The van der Waals surface area contributed by atoms with Crippen molar-refractivity contribution < 1.29 is 0 Å². The summed E-state index contributed by atoms with van der Waals surface area (Å²) in [5.74, 6) is 0. The Balaban J connectivity index is 1.76. The van der Waals surface area contributed by atoms with Crippen molar-refractivity contribution in [3.63, 3.8) is 0 Å².